The quantitative estimate of drug-likeness (QED) is 0.836. The lowest BCUT2D eigenvalue weighted by Crippen LogP contribution is -2.12. The Morgan fingerprint density at radius 3 is 2.69 bits per heavy atom. The summed E-state index contributed by atoms with van der Waals surface area (Å²) in [6.07, 6.45) is -2.90. The van der Waals surface area contributed by atoms with Gasteiger partial charge in [0.15, 0.2) is 0 Å². The van der Waals surface area contributed by atoms with Crippen molar-refractivity contribution in [3.63, 3.8) is 0 Å². The number of aliphatic hydroxyl groups is 1. The average molecular weight is 254 g/mol. The SMILES string of the molecule is OC(CCCCl)c1cnccc1C(F)(F)F. The van der Waals surface area contributed by atoms with Crippen LogP contribution in [0.15, 0.2) is 18.5 Å². The molecular weight excluding hydrogens is 243 g/mol. The molecule has 0 radical (unpaired) electrons. The van der Waals surface area contributed by atoms with Crippen LogP contribution >= 0.6 is 11.6 Å². The predicted molar refractivity (Wildman–Crippen MR) is 54.2 cm³/mol. The van der Waals surface area contributed by atoms with Crippen molar-refractivity contribution in [2.45, 2.75) is 25.1 Å². The summed E-state index contributed by atoms with van der Waals surface area (Å²) < 4.78 is 37.7. The lowest BCUT2D eigenvalue weighted by molar-refractivity contribution is -0.139. The van der Waals surface area contributed by atoms with E-state index in [9.17, 15) is 18.3 Å². The highest BCUT2D eigenvalue weighted by molar-refractivity contribution is 6.17. The van der Waals surface area contributed by atoms with Gasteiger partial charge in [0.05, 0.1) is 11.7 Å². The van der Waals surface area contributed by atoms with Crippen LogP contribution < -0.4 is 0 Å². The van der Waals surface area contributed by atoms with Gasteiger partial charge in [-0.1, -0.05) is 0 Å². The second-order valence-corrected chi connectivity index (χ2v) is 3.69. The van der Waals surface area contributed by atoms with Crippen molar-refractivity contribution < 1.29 is 18.3 Å². The zero-order valence-corrected chi connectivity index (χ0v) is 9.09. The normalized spacial score (nSPS) is 13.8. The summed E-state index contributed by atoms with van der Waals surface area (Å²) in [5, 5.41) is 9.60. The van der Waals surface area contributed by atoms with Gasteiger partial charge in [-0.15, -0.1) is 11.6 Å². The highest BCUT2D eigenvalue weighted by atomic mass is 35.5. The first-order chi connectivity index (χ1) is 7.46. The zero-order valence-electron chi connectivity index (χ0n) is 8.34. The average Bonchev–Trinajstić information content (AvgIpc) is 2.24. The van der Waals surface area contributed by atoms with Crippen molar-refractivity contribution in [3.05, 3.63) is 29.6 Å². The Morgan fingerprint density at radius 1 is 1.44 bits per heavy atom. The van der Waals surface area contributed by atoms with E-state index in [1.807, 2.05) is 0 Å². The molecule has 0 fully saturated rings. The Bertz CT molecular complexity index is 343. The maximum absolute atomic E-state index is 12.6. The van der Waals surface area contributed by atoms with E-state index >= 15 is 0 Å². The van der Waals surface area contributed by atoms with Crippen LogP contribution in [0, 0.1) is 0 Å². The van der Waals surface area contributed by atoms with Gasteiger partial charge in [-0.2, -0.15) is 13.2 Å². The molecule has 90 valence electrons. The van der Waals surface area contributed by atoms with E-state index in [-0.39, 0.29) is 12.0 Å². The highest BCUT2D eigenvalue weighted by Crippen LogP contribution is 2.35. The van der Waals surface area contributed by atoms with Gasteiger partial charge in [-0.3, -0.25) is 4.98 Å². The third-order valence-corrected chi connectivity index (χ3v) is 2.39. The molecule has 1 unspecified atom stereocenters. The molecule has 1 aromatic heterocycles. The molecule has 16 heavy (non-hydrogen) atoms. The standard InChI is InChI=1S/C10H11ClF3NO/c11-4-1-2-9(16)7-6-15-5-3-8(7)10(12,13)14/h3,5-6,9,16H,1-2,4H2. The smallest absolute Gasteiger partial charge is 0.388 e. The van der Waals surface area contributed by atoms with Gasteiger partial charge >= 0.3 is 6.18 Å². The molecule has 0 saturated carbocycles. The van der Waals surface area contributed by atoms with Gasteiger partial charge in [0.25, 0.3) is 0 Å². The fraction of sp³-hybridized carbons (Fsp3) is 0.500. The van der Waals surface area contributed by atoms with E-state index in [4.69, 9.17) is 11.6 Å². The Kier molecular flexibility index (Phi) is 4.56. The van der Waals surface area contributed by atoms with Gasteiger partial charge in [0.2, 0.25) is 0 Å². The first-order valence-electron chi connectivity index (χ1n) is 4.72. The number of rotatable bonds is 4. The molecule has 2 nitrogen and oxygen atoms in total. The summed E-state index contributed by atoms with van der Waals surface area (Å²) in [4.78, 5) is 3.60. The number of hydrogen-bond donors (Lipinski definition) is 1. The van der Waals surface area contributed by atoms with Gasteiger partial charge < -0.3 is 5.11 Å². The predicted octanol–water partition coefficient (Wildman–Crippen LogP) is 3.15. The first-order valence-corrected chi connectivity index (χ1v) is 5.25. The van der Waals surface area contributed by atoms with Crippen LogP contribution in [0.5, 0.6) is 0 Å². The van der Waals surface area contributed by atoms with Crippen LogP contribution in [0.25, 0.3) is 0 Å². The van der Waals surface area contributed by atoms with Crippen molar-refractivity contribution in [2.75, 3.05) is 5.88 Å². The molecule has 0 aliphatic heterocycles. The minimum absolute atomic E-state index is 0.193. The van der Waals surface area contributed by atoms with E-state index in [1.165, 1.54) is 0 Å². The van der Waals surface area contributed by atoms with Crippen molar-refractivity contribution in [1.82, 2.24) is 4.98 Å². The molecule has 1 aromatic rings. The van der Waals surface area contributed by atoms with E-state index in [0.717, 1.165) is 18.5 Å². The van der Waals surface area contributed by atoms with Crippen molar-refractivity contribution in [1.29, 1.82) is 0 Å². The molecule has 1 atom stereocenters. The second-order valence-electron chi connectivity index (χ2n) is 3.31. The van der Waals surface area contributed by atoms with Crippen LogP contribution in [0.1, 0.15) is 30.1 Å². The maximum atomic E-state index is 12.6. The molecule has 0 amide bonds. The van der Waals surface area contributed by atoms with Gasteiger partial charge in [-0.05, 0) is 18.9 Å². The molecule has 0 spiro atoms. The summed E-state index contributed by atoms with van der Waals surface area (Å²) in [6, 6.07) is 0.860. The number of halogens is 4. The number of hydrogen-bond acceptors (Lipinski definition) is 2. The van der Waals surface area contributed by atoms with Crippen LogP contribution in [-0.2, 0) is 6.18 Å². The van der Waals surface area contributed by atoms with Gasteiger partial charge in [-0.25, -0.2) is 0 Å². The topological polar surface area (TPSA) is 33.1 Å². The van der Waals surface area contributed by atoms with Crippen LogP contribution in [0.3, 0.4) is 0 Å². The van der Waals surface area contributed by atoms with Crippen molar-refractivity contribution in [3.8, 4) is 0 Å². The van der Waals surface area contributed by atoms with E-state index in [2.05, 4.69) is 4.98 Å². The van der Waals surface area contributed by atoms with Gasteiger partial charge in [0.1, 0.15) is 0 Å². The Balaban J connectivity index is 2.94. The Labute approximate surface area is 96.1 Å². The third kappa shape index (κ3) is 3.35. The minimum Gasteiger partial charge on any atom is -0.388 e. The van der Waals surface area contributed by atoms with E-state index < -0.39 is 17.8 Å². The summed E-state index contributed by atoms with van der Waals surface area (Å²) in [7, 11) is 0. The Morgan fingerprint density at radius 2 is 2.12 bits per heavy atom. The number of aliphatic hydroxyl groups excluding tert-OH is 1. The van der Waals surface area contributed by atoms with Crippen molar-refractivity contribution >= 4 is 11.6 Å². The molecule has 0 aliphatic carbocycles. The minimum atomic E-state index is -4.47. The lowest BCUT2D eigenvalue weighted by atomic mass is 10.0. The number of alkyl halides is 4. The van der Waals surface area contributed by atoms with E-state index in [0.29, 0.717) is 12.3 Å². The fourth-order valence-electron chi connectivity index (χ4n) is 1.36. The maximum Gasteiger partial charge on any atom is 0.416 e. The molecule has 6 heteroatoms. The second kappa shape index (κ2) is 5.50. The molecule has 1 heterocycles. The summed E-state index contributed by atoms with van der Waals surface area (Å²) >= 11 is 5.41. The van der Waals surface area contributed by atoms with Crippen LogP contribution in [0.4, 0.5) is 13.2 Å². The number of aromatic nitrogens is 1. The summed E-state index contributed by atoms with van der Waals surface area (Å²) in [5.74, 6) is 0.304. The molecule has 0 saturated heterocycles. The number of nitrogens with zero attached hydrogens (tertiary/aromatic N) is 1. The molecule has 0 aromatic carbocycles. The largest absolute Gasteiger partial charge is 0.416 e. The molecule has 0 aliphatic rings. The zero-order chi connectivity index (χ0) is 12.2. The van der Waals surface area contributed by atoms with Gasteiger partial charge in [0, 0.05) is 23.8 Å². The van der Waals surface area contributed by atoms with Crippen LogP contribution in [-0.4, -0.2) is 16.0 Å². The highest BCUT2D eigenvalue weighted by Gasteiger charge is 2.34. The monoisotopic (exact) mass is 253 g/mol. The molecular formula is C10H11ClF3NO. The van der Waals surface area contributed by atoms with Crippen molar-refractivity contribution in [2.24, 2.45) is 0 Å². The molecule has 1 N–H and O–H groups in total. The molecule has 1 rings (SSSR count). The lowest BCUT2D eigenvalue weighted by Gasteiger charge is -2.16. The summed E-state index contributed by atoms with van der Waals surface area (Å²) in [5.41, 5.74) is -1.04. The third-order valence-electron chi connectivity index (χ3n) is 2.13. The summed E-state index contributed by atoms with van der Waals surface area (Å²) in [6.45, 7) is 0. The van der Waals surface area contributed by atoms with Crippen LogP contribution in [0.2, 0.25) is 0 Å². The van der Waals surface area contributed by atoms with E-state index in [1.54, 1.807) is 0 Å². The number of pyridine rings is 1. The fourth-order valence-corrected chi connectivity index (χ4v) is 1.51. The first kappa shape index (κ1) is 13.3. The Hall–Kier alpha value is -0.810. The molecule has 0 bridgehead atoms.